The summed E-state index contributed by atoms with van der Waals surface area (Å²) >= 11 is 4.50. The zero-order chi connectivity index (χ0) is 30.3. The van der Waals surface area contributed by atoms with E-state index in [9.17, 15) is 18.8 Å². The Kier molecular flexibility index (Phi) is 9.38. The zero-order valence-corrected chi connectivity index (χ0v) is 25.3. The maximum Gasteiger partial charge on any atom is 0.272 e. The van der Waals surface area contributed by atoms with Gasteiger partial charge in [0.05, 0.1) is 10.9 Å². The Labute approximate surface area is 260 Å². The highest BCUT2D eigenvalue weighted by Gasteiger charge is 2.18. The minimum absolute atomic E-state index is 0.0718. The number of hydrogen-bond donors (Lipinski definition) is 4. The van der Waals surface area contributed by atoms with Crippen LogP contribution in [-0.2, 0) is 9.59 Å². The van der Waals surface area contributed by atoms with Gasteiger partial charge in [0.15, 0.2) is 0 Å². The summed E-state index contributed by atoms with van der Waals surface area (Å²) in [7, 11) is 0. The molecule has 1 aromatic heterocycles. The number of fused-ring (bicyclic) bond motifs is 1. The lowest BCUT2D eigenvalue weighted by Crippen LogP contribution is -2.30. The van der Waals surface area contributed by atoms with Crippen LogP contribution in [0.1, 0.15) is 22.8 Å². The first kappa shape index (κ1) is 29.8. The highest BCUT2D eigenvalue weighted by molar-refractivity contribution is 9.10. The molecule has 0 saturated heterocycles. The van der Waals surface area contributed by atoms with E-state index in [0.29, 0.717) is 15.7 Å². The summed E-state index contributed by atoms with van der Waals surface area (Å²) in [5.74, 6) is -1.79. The molecule has 5 aromatic rings. The Balaban J connectivity index is 1.28. The number of rotatable bonds is 9. The summed E-state index contributed by atoms with van der Waals surface area (Å²) in [6.45, 7) is 1.73. The smallest absolute Gasteiger partial charge is 0.272 e. The first-order valence-corrected chi connectivity index (χ1v) is 14.9. The van der Waals surface area contributed by atoms with Crippen molar-refractivity contribution in [3.63, 3.8) is 0 Å². The fourth-order valence-electron chi connectivity index (χ4n) is 4.21. The molecule has 1 unspecified atom stereocenters. The second-order valence-corrected chi connectivity index (χ2v) is 11.8. The topological polar surface area (TPSA) is 103 Å². The van der Waals surface area contributed by atoms with Gasteiger partial charge in [0.1, 0.15) is 11.5 Å². The van der Waals surface area contributed by atoms with Gasteiger partial charge in [-0.25, -0.2) is 4.39 Å². The van der Waals surface area contributed by atoms with Crippen molar-refractivity contribution in [1.29, 1.82) is 0 Å². The lowest BCUT2D eigenvalue weighted by atomic mass is 10.1. The minimum Gasteiger partial charge on any atom is -0.361 e. The molecule has 7 nitrogen and oxygen atoms in total. The van der Waals surface area contributed by atoms with Crippen molar-refractivity contribution in [2.75, 3.05) is 10.6 Å². The van der Waals surface area contributed by atoms with Crippen LogP contribution in [-0.4, -0.2) is 28.0 Å². The molecule has 0 aliphatic heterocycles. The van der Waals surface area contributed by atoms with Crippen molar-refractivity contribution in [2.24, 2.45) is 0 Å². The van der Waals surface area contributed by atoms with Crippen LogP contribution in [0.25, 0.3) is 17.0 Å². The third kappa shape index (κ3) is 7.59. The van der Waals surface area contributed by atoms with E-state index in [1.54, 1.807) is 73.8 Å². The van der Waals surface area contributed by atoms with E-state index in [1.807, 2.05) is 30.3 Å². The lowest BCUT2D eigenvalue weighted by molar-refractivity contribution is -0.115. The highest BCUT2D eigenvalue weighted by atomic mass is 79.9. The molecule has 3 amide bonds. The van der Waals surface area contributed by atoms with Gasteiger partial charge in [-0.2, -0.15) is 0 Å². The average molecular weight is 658 g/mol. The summed E-state index contributed by atoms with van der Waals surface area (Å²) < 4.78 is 14.7. The molecule has 1 heterocycles. The van der Waals surface area contributed by atoms with Crippen LogP contribution in [0, 0.1) is 5.82 Å². The van der Waals surface area contributed by atoms with Gasteiger partial charge in [-0.15, -0.1) is 11.8 Å². The maximum absolute atomic E-state index is 14.1. The third-order valence-electron chi connectivity index (χ3n) is 6.43. The quantitative estimate of drug-likeness (QED) is 0.0969. The maximum atomic E-state index is 14.1. The number of hydrogen-bond acceptors (Lipinski definition) is 4. The predicted octanol–water partition coefficient (Wildman–Crippen LogP) is 7.60. The zero-order valence-electron chi connectivity index (χ0n) is 22.9. The number of H-pyrrole nitrogens is 1. The Hall–Kier alpha value is -4.67. The standard InChI is InChI=1S/C33H26BrFN4O3S/c1-20(31(40)38-29-16-11-23(34)18-27(29)35)43-25-14-12-24(13-15-25)37-33(42)30(39-32(41)21-7-3-2-4-8-21)17-22-19-36-28-10-6-5-9-26(22)28/h2-20,36H,1H3,(H,37,42)(H,38,40)(H,39,41). The van der Waals surface area contributed by atoms with Gasteiger partial charge in [-0.3, -0.25) is 14.4 Å². The SMILES string of the molecule is CC(Sc1ccc(NC(=O)C(=Cc2c[nH]c3ccccc23)NC(=O)c2ccccc2)cc1)C(=O)Nc1ccc(Br)cc1F. The van der Waals surface area contributed by atoms with Crippen molar-refractivity contribution in [3.8, 4) is 0 Å². The van der Waals surface area contributed by atoms with Crippen molar-refractivity contribution in [3.05, 3.63) is 130 Å². The van der Waals surface area contributed by atoms with E-state index < -0.39 is 22.9 Å². The fraction of sp³-hybridized carbons (Fsp3) is 0.0606. The molecule has 10 heteroatoms. The van der Waals surface area contributed by atoms with E-state index in [1.165, 1.54) is 23.9 Å². The second kappa shape index (κ2) is 13.5. The number of halogens is 2. The number of amides is 3. The van der Waals surface area contributed by atoms with Gasteiger partial charge in [-0.1, -0.05) is 52.3 Å². The number of aromatic nitrogens is 1. The van der Waals surface area contributed by atoms with Crippen LogP contribution in [0.3, 0.4) is 0 Å². The first-order chi connectivity index (χ1) is 20.8. The van der Waals surface area contributed by atoms with Gasteiger partial charge in [0.2, 0.25) is 5.91 Å². The molecule has 4 N–H and O–H groups in total. The summed E-state index contributed by atoms with van der Waals surface area (Å²) in [6.07, 6.45) is 3.41. The van der Waals surface area contributed by atoms with E-state index in [2.05, 4.69) is 36.9 Å². The van der Waals surface area contributed by atoms with Crippen molar-refractivity contribution < 1.29 is 18.8 Å². The van der Waals surface area contributed by atoms with Gasteiger partial charge in [0, 0.05) is 43.3 Å². The van der Waals surface area contributed by atoms with Crippen molar-refractivity contribution in [2.45, 2.75) is 17.1 Å². The summed E-state index contributed by atoms with van der Waals surface area (Å²) in [6, 6.07) is 27.7. The molecule has 0 radical (unpaired) electrons. The fourth-order valence-corrected chi connectivity index (χ4v) is 5.41. The summed E-state index contributed by atoms with van der Waals surface area (Å²) in [4.78, 5) is 43.0. The number of benzene rings is 4. The van der Waals surface area contributed by atoms with Crippen LogP contribution < -0.4 is 16.0 Å². The van der Waals surface area contributed by atoms with E-state index in [0.717, 1.165) is 21.4 Å². The van der Waals surface area contributed by atoms with Gasteiger partial charge in [0.25, 0.3) is 11.8 Å². The van der Waals surface area contributed by atoms with Crippen LogP contribution in [0.15, 0.2) is 118 Å². The summed E-state index contributed by atoms with van der Waals surface area (Å²) in [5.41, 5.74) is 2.75. The first-order valence-electron chi connectivity index (χ1n) is 13.2. The van der Waals surface area contributed by atoms with Gasteiger partial charge in [-0.05, 0) is 73.7 Å². The molecule has 0 aliphatic rings. The van der Waals surface area contributed by atoms with Crippen LogP contribution in [0.5, 0.6) is 0 Å². The minimum atomic E-state index is -0.530. The Morgan fingerprint density at radius 2 is 1.63 bits per heavy atom. The van der Waals surface area contributed by atoms with Gasteiger partial charge >= 0.3 is 0 Å². The third-order valence-corrected chi connectivity index (χ3v) is 8.04. The molecule has 0 fully saturated rings. The predicted molar refractivity (Wildman–Crippen MR) is 173 cm³/mol. The molecule has 5 rings (SSSR count). The van der Waals surface area contributed by atoms with E-state index >= 15 is 0 Å². The number of aromatic amines is 1. The van der Waals surface area contributed by atoms with E-state index in [4.69, 9.17) is 0 Å². The highest BCUT2D eigenvalue weighted by Crippen LogP contribution is 2.27. The molecule has 0 aliphatic carbocycles. The van der Waals surface area contributed by atoms with Crippen molar-refractivity contribution >= 4 is 73.8 Å². The number of para-hydroxylation sites is 1. The molecule has 1 atom stereocenters. The van der Waals surface area contributed by atoms with Crippen LogP contribution in [0.2, 0.25) is 0 Å². The molecular formula is C33H26BrFN4O3S. The second-order valence-electron chi connectivity index (χ2n) is 9.52. The monoisotopic (exact) mass is 656 g/mol. The molecule has 0 bridgehead atoms. The van der Waals surface area contributed by atoms with Crippen LogP contribution in [0.4, 0.5) is 15.8 Å². The number of nitrogens with one attached hydrogen (secondary N) is 4. The largest absolute Gasteiger partial charge is 0.361 e. The Bertz CT molecular complexity index is 1820. The number of carbonyl (C=O) groups excluding carboxylic acids is 3. The number of carbonyl (C=O) groups is 3. The molecule has 0 saturated carbocycles. The number of thioether (sulfide) groups is 1. The average Bonchev–Trinajstić information content (AvgIpc) is 3.42. The Morgan fingerprint density at radius 1 is 0.907 bits per heavy atom. The Morgan fingerprint density at radius 3 is 2.37 bits per heavy atom. The molecule has 43 heavy (non-hydrogen) atoms. The van der Waals surface area contributed by atoms with Crippen LogP contribution >= 0.6 is 27.7 Å². The summed E-state index contributed by atoms with van der Waals surface area (Å²) in [5, 5.41) is 8.59. The molecular weight excluding hydrogens is 631 g/mol. The van der Waals surface area contributed by atoms with Crippen molar-refractivity contribution in [1.82, 2.24) is 10.3 Å². The molecule has 216 valence electrons. The molecule has 4 aromatic carbocycles. The van der Waals surface area contributed by atoms with E-state index in [-0.39, 0.29) is 17.3 Å². The van der Waals surface area contributed by atoms with Gasteiger partial charge < -0.3 is 20.9 Å². The normalized spacial score (nSPS) is 12.0. The lowest BCUT2D eigenvalue weighted by Gasteiger charge is -2.14. The molecule has 0 spiro atoms. The number of anilines is 2.